The van der Waals surface area contributed by atoms with Gasteiger partial charge >= 0.3 is 0 Å². The maximum atomic E-state index is 12.7. The predicted octanol–water partition coefficient (Wildman–Crippen LogP) is 2.91. The van der Waals surface area contributed by atoms with Gasteiger partial charge in [-0.15, -0.1) is 0 Å². The summed E-state index contributed by atoms with van der Waals surface area (Å²) in [4.78, 5) is 12.7. The molecule has 2 aliphatic heterocycles. The number of rotatable bonds is 3. The van der Waals surface area contributed by atoms with Crippen molar-refractivity contribution >= 4 is 5.91 Å². The second-order valence-corrected chi connectivity index (χ2v) is 7.03. The molecule has 26 heavy (non-hydrogen) atoms. The van der Waals surface area contributed by atoms with E-state index in [0.29, 0.717) is 30.9 Å². The average molecular weight is 353 g/mol. The number of hydrogen-bond donors (Lipinski definition) is 2. The van der Waals surface area contributed by atoms with Gasteiger partial charge in [0, 0.05) is 24.0 Å². The van der Waals surface area contributed by atoms with Crippen molar-refractivity contribution in [3.05, 3.63) is 58.1 Å². The van der Waals surface area contributed by atoms with E-state index in [1.165, 1.54) is 0 Å². The van der Waals surface area contributed by atoms with Gasteiger partial charge in [-0.05, 0) is 25.0 Å². The minimum absolute atomic E-state index is 0.169. The highest BCUT2D eigenvalue weighted by Crippen LogP contribution is 2.37. The summed E-state index contributed by atoms with van der Waals surface area (Å²) in [5, 5.41) is 13.6. The Kier molecular flexibility index (Phi) is 4.32. The molecule has 2 atom stereocenters. The largest absolute Gasteiger partial charge is 0.493 e. The highest BCUT2D eigenvalue weighted by molar-refractivity contribution is 5.83. The predicted molar refractivity (Wildman–Crippen MR) is 97.5 cm³/mol. The van der Waals surface area contributed by atoms with Crippen LogP contribution in [0.5, 0.6) is 11.5 Å². The minimum Gasteiger partial charge on any atom is -0.493 e. The summed E-state index contributed by atoms with van der Waals surface area (Å²) in [6.45, 7) is 5.17. The van der Waals surface area contributed by atoms with Crippen molar-refractivity contribution < 1.29 is 19.4 Å². The van der Waals surface area contributed by atoms with Crippen LogP contribution in [0, 0.1) is 13.8 Å². The number of carbonyl (C=O) groups is 1. The second-order valence-electron chi connectivity index (χ2n) is 7.03. The highest BCUT2D eigenvalue weighted by Gasteiger charge is 2.30. The number of hydrogen-bond acceptors (Lipinski definition) is 4. The number of nitrogens with one attached hydrogen (secondary N) is 1. The molecule has 2 aromatic carbocycles. The van der Waals surface area contributed by atoms with Gasteiger partial charge in [-0.1, -0.05) is 35.9 Å². The van der Waals surface area contributed by atoms with Gasteiger partial charge in [0.25, 0.3) is 5.91 Å². The number of aliphatic hydroxyl groups is 1. The molecule has 1 amide bonds. The lowest BCUT2D eigenvalue weighted by Gasteiger charge is -2.29. The number of aryl methyl sites for hydroxylation is 2. The fourth-order valence-corrected chi connectivity index (χ4v) is 3.88. The van der Waals surface area contributed by atoms with Crippen molar-refractivity contribution in [2.24, 2.45) is 0 Å². The highest BCUT2D eigenvalue weighted by atomic mass is 16.5. The van der Waals surface area contributed by atoms with Crippen molar-refractivity contribution in [1.82, 2.24) is 5.32 Å². The van der Waals surface area contributed by atoms with Gasteiger partial charge < -0.3 is 19.9 Å². The summed E-state index contributed by atoms with van der Waals surface area (Å²) in [6.07, 6.45) is 0.237. The van der Waals surface area contributed by atoms with Crippen molar-refractivity contribution in [3.8, 4) is 11.5 Å². The molecule has 0 fully saturated rings. The molecule has 0 aromatic heterocycles. The van der Waals surface area contributed by atoms with E-state index in [9.17, 15) is 9.90 Å². The number of benzene rings is 2. The minimum atomic E-state index is -1.25. The number of fused-ring (bicyclic) bond motifs is 2. The maximum absolute atomic E-state index is 12.7. The van der Waals surface area contributed by atoms with Crippen LogP contribution in [0.1, 0.15) is 46.4 Å². The summed E-state index contributed by atoms with van der Waals surface area (Å²) >= 11 is 0. The number of carbonyl (C=O) groups excluding carboxylic acids is 1. The fraction of sp³-hybridized carbons (Fsp3) is 0.381. The van der Waals surface area contributed by atoms with Crippen molar-refractivity contribution in [2.45, 2.75) is 38.8 Å². The first kappa shape index (κ1) is 16.9. The number of aliphatic hydroxyl groups excluding tert-OH is 1. The summed E-state index contributed by atoms with van der Waals surface area (Å²) in [7, 11) is 0. The molecule has 0 saturated carbocycles. The lowest BCUT2D eigenvalue weighted by atomic mass is 9.95. The van der Waals surface area contributed by atoms with Crippen LogP contribution in [0.25, 0.3) is 0 Å². The van der Waals surface area contributed by atoms with Crippen molar-refractivity contribution in [1.29, 1.82) is 0 Å². The first-order valence-corrected chi connectivity index (χ1v) is 9.01. The van der Waals surface area contributed by atoms with Crippen LogP contribution in [-0.4, -0.2) is 24.2 Å². The fourth-order valence-electron chi connectivity index (χ4n) is 3.88. The van der Waals surface area contributed by atoms with Gasteiger partial charge in [0.1, 0.15) is 11.5 Å². The van der Waals surface area contributed by atoms with Crippen LogP contribution in [-0.2, 0) is 11.2 Å². The molecule has 0 saturated heterocycles. The first-order valence-electron chi connectivity index (χ1n) is 9.01. The molecule has 2 heterocycles. The van der Waals surface area contributed by atoms with E-state index >= 15 is 0 Å². The van der Waals surface area contributed by atoms with Gasteiger partial charge in [-0.2, -0.15) is 0 Å². The SMILES string of the molecule is Cc1cc(C)c2c(c1)[C@@H](NC(=O)C(O)c1cccc3c1OCC3)CCO2. The third kappa shape index (κ3) is 2.92. The topological polar surface area (TPSA) is 67.8 Å². The summed E-state index contributed by atoms with van der Waals surface area (Å²) in [6, 6.07) is 9.52. The van der Waals surface area contributed by atoms with Gasteiger partial charge in [0.05, 0.1) is 19.3 Å². The molecule has 5 nitrogen and oxygen atoms in total. The standard InChI is InChI=1S/C21H23NO4/c1-12-10-13(2)19-16(11-12)17(7-9-25-19)22-21(24)18(23)15-5-3-4-14-6-8-26-20(14)15/h3-5,10-11,17-18,23H,6-9H2,1-2H3,(H,22,24)/t17-,18?/m0/s1. The van der Waals surface area contributed by atoms with Crippen LogP contribution < -0.4 is 14.8 Å². The monoisotopic (exact) mass is 353 g/mol. The normalized spacial score (nSPS) is 19.0. The zero-order valence-electron chi connectivity index (χ0n) is 15.0. The van der Waals surface area contributed by atoms with Crippen LogP contribution in [0.2, 0.25) is 0 Å². The van der Waals surface area contributed by atoms with Crippen molar-refractivity contribution in [3.63, 3.8) is 0 Å². The third-order valence-electron chi connectivity index (χ3n) is 5.08. The van der Waals surface area contributed by atoms with E-state index in [2.05, 4.69) is 11.4 Å². The zero-order valence-corrected chi connectivity index (χ0v) is 15.0. The molecule has 2 aromatic rings. The van der Waals surface area contributed by atoms with Gasteiger partial charge in [0.2, 0.25) is 0 Å². The van der Waals surface area contributed by atoms with Crippen LogP contribution in [0.15, 0.2) is 30.3 Å². The van der Waals surface area contributed by atoms with Gasteiger partial charge in [0.15, 0.2) is 6.10 Å². The van der Waals surface area contributed by atoms with E-state index in [-0.39, 0.29) is 6.04 Å². The molecule has 136 valence electrons. The van der Waals surface area contributed by atoms with Gasteiger partial charge in [-0.25, -0.2) is 0 Å². The van der Waals surface area contributed by atoms with E-state index in [1.54, 1.807) is 6.07 Å². The number of ether oxygens (including phenoxy) is 2. The molecular formula is C21H23NO4. The van der Waals surface area contributed by atoms with E-state index in [4.69, 9.17) is 9.47 Å². The summed E-state index contributed by atoms with van der Waals surface area (Å²) in [5.41, 5.74) is 4.74. The molecule has 1 unspecified atom stereocenters. The van der Waals surface area contributed by atoms with E-state index < -0.39 is 12.0 Å². The molecule has 0 radical (unpaired) electrons. The molecule has 2 aliphatic rings. The third-order valence-corrected chi connectivity index (χ3v) is 5.08. The van der Waals surface area contributed by atoms with Crippen LogP contribution >= 0.6 is 0 Å². The Labute approximate surface area is 152 Å². The Balaban J connectivity index is 1.58. The molecular weight excluding hydrogens is 330 g/mol. The van der Waals surface area contributed by atoms with E-state index in [1.807, 2.05) is 32.0 Å². The maximum Gasteiger partial charge on any atom is 0.254 e. The van der Waals surface area contributed by atoms with Crippen LogP contribution in [0.3, 0.4) is 0 Å². The molecule has 5 heteroatoms. The Morgan fingerprint density at radius 1 is 1.19 bits per heavy atom. The van der Waals surface area contributed by atoms with Crippen molar-refractivity contribution in [2.75, 3.05) is 13.2 Å². The quantitative estimate of drug-likeness (QED) is 0.890. The number of amides is 1. The zero-order chi connectivity index (χ0) is 18.3. The average Bonchev–Trinajstić information content (AvgIpc) is 3.10. The smallest absolute Gasteiger partial charge is 0.254 e. The lowest BCUT2D eigenvalue weighted by molar-refractivity contribution is -0.130. The molecule has 2 N–H and O–H groups in total. The summed E-state index contributed by atoms with van der Waals surface area (Å²) < 4.78 is 11.4. The first-order chi connectivity index (χ1) is 12.5. The number of para-hydroxylation sites is 1. The summed E-state index contributed by atoms with van der Waals surface area (Å²) in [5.74, 6) is 1.07. The Hall–Kier alpha value is -2.53. The molecule has 4 rings (SSSR count). The van der Waals surface area contributed by atoms with Gasteiger partial charge in [-0.3, -0.25) is 4.79 Å². The Morgan fingerprint density at radius 2 is 2.00 bits per heavy atom. The second kappa shape index (κ2) is 6.65. The Bertz CT molecular complexity index is 861. The van der Waals surface area contributed by atoms with Crippen LogP contribution in [0.4, 0.5) is 0 Å². The Morgan fingerprint density at radius 3 is 2.85 bits per heavy atom. The molecule has 0 aliphatic carbocycles. The lowest BCUT2D eigenvalue weighted by Crippen LogP contribution is -2.35. The molecule has 0 spiro atoms. The van der Waals surface area contributed by atoms with E-state index in [0.717, 1.165) is 34.4 Å². The molecule has 0 bridgehead atoms.